The van der Waals surface area contributed by atoms with Gasteiger partial charge in [0.1, 0.15) is 4.70 Å². The lowest BCUT2D eigenvalue weighted by molar-refractivity contribution is -0.119. The van der Waals surface area contributed by atoms with Crippen LogP contribution in [0.1, 0.15) is 32.3 Å². The number of rotatable bonds is 7. The summed E-state index contributed by atoms with van der Waals surface area (Å²) < 4.78 is 4.25. The van der Waals surface area contributed by atoms with E-state index in [4.69, 9.17) is 0 Å². The second-order valence-corrected chi connectivity index (χ2v) is 9.35. The number of thiophene rings is 1. The van der Waals surface area contributed by atoms with Crippen LogP contribution in [0.25, 0.3) is 16.0 Å². The first kappa shape index (κ1) is 20.6. The summed E-state index contributed by atoms with van der Waals surface area (Å²) in [7, 11) is 0. The molecule has 0 radical (unpaired) electrons. The predicted octanol–water partition coefficient (Wildman–Crippen LogP) is 3.53. The molecule has 156 valence electrons. The van der Waals surface area contributed by atoms with E-state index in [1.807, 2.05) is 47.9 Å². The Bertz CT molecular complexity index is 1240. The molecule has 1 unspecified atom stereocenters. The first-order valence-electron chi connectivity index (χ1n) is 9.78. The summed E-state index contributed by atoms with van der Waals surface area (Å²) in [5.74, 6) is 0.818. The summed E-state index contributed by atoms with van der Waals surface area (Å²) in [6.45, 7) is 6.45. The van der Waals surface area contributed by atoms with Gasteiger partial charge in [-0.15, -0.1) is 21.5 Å². The number of hydrogen-bond acceptors (Lipinski definition) is 6. The molecule has 0 saturated carbocycles. The average Bonchev–Trinajstić information content (AvgIpc) is 3.36. The zero-order valence-electron chi connectivity index (χ0n) is 17.0. The minimum Gasteiger partial charge on any atom is -0.353 e. The summed E-state index contributed by atoms with van der Waals surface area (Å²) in [5, 5.41) is 14.0. The third kappa shape index (κ3) is 3.99. The van der Waals surface area contributed by atoms with Gasteiger partial charge in [-0.2, -0.15) is 0 Å². The zero-order chi connectivity index (χ0) is 21.3. The summed E-state index contributed by atoms with van der Waals surface area (Å²) in [4.78, 5) is 25.3. The molecule has 1 N–H and O–H groups in total. The van der Waals surface area contributed by atoms with Crippen LogP contribution < -0.4 is 10.9 Å². The van der Waals surface area contributed by atoms with Crippen LogP contribution in [-0.2, 0) is 11.3 Å². The third-order valence-electron chi connectivity index (χ3n) is 4.79. The van der Waals surface area contributed by atoms with Gasteiger partial charge in [-0.1, -0.05) is 49.0 Å². The Labute approximate surface area is 182 Å². The molecule has 7 nitrogen and oxygen atoms in total. The normalized spacial score (nSPS) is 12.7. The molecular weight excluding hydrogens is 418 g/mol. The summed E-state index contributed by atoms with van der Waals surface area (Å²) >= 11 is 2.73. The number of aromatic nitrogens is 4. The number of carbonyl (C=O) groups excluding carboxylic acids is 1. The fourth-order valence-electron chi connectivity index (χ4n) is 3.41. The van der Waals surface area contributed by atoms with E-state index in [1.54, 1.807) is 4.57 Å². The predicted molar refractivity (Wildman–Crippen MR) is 121 cm³/mol. The number of carbonyl (C=O) groups is 1. The zero-order valence-corrected chi connectivity index (χ0v) is 18.7. The summed E-state index contributed by atoms with van der Waals surface area (Å²) in [6.07, 6.45) is 0. The molecule has 0 aliphatic heterocycles. The molecule has 0 spiro atoms. The molecule has 1 atom stereocenters. The lowest BCUT2D eigenvalue weighted by Gasteiger charge is -2.15. The largest absolute Gasteiger partial charge is 0.353 e. The van der Waals surface area contributed by atoms with E-state index < -0.39 is 0 Å². The van der Waals surface area contributed by atoms with Gasteiger partial charge < -0.3 is 5.32 Å². The number of fused-ring (bicyclic) bond motifs is 3. The van der Waals surface area contributed by atoms with Gasteiger partial charge >= 0.3 is 0 Å². The molecule has 3 aromatic heterocycles. The molecule has 4 aromatic rings. The van der Waals surface area contributed by atoms with Crippen molar-refractivity contribution in [3.8, 4) is 0 Å². The van der Waals surface area contributed by atoms with Crippen LogP contribution in [0.4, 0.5) is 0 Å². The Morgan fingerprint density at radius 3 is 2.67 bits per heavy atom. The number of benzene rings is 1. The van der Waals surface area contributed by atoms with E-state index in [0.29, 0.717) is 22.2 Å². The SMILES string of the molecule is CC(C)NC(=O)CSc1nnc2n(CC(C)c3ccccc3)c(=O)c3sccc3n12. The van der Waals surface area contributed by atoms with Crippen molar-refractivity contribution in [3.63, 3.8) is 0 Å². The Kier molecular flexibility index (Phi) is 5.92. The Hall–Kier alpha value is -2.65. The van der Waals surface area contributed by atoms with Gasteiger partial charge in [-0.3, -0.25) is 18.6 Å². The van der Waals surface area contributed by atoms with E-state index in [0.717, 1.165) is 11.1 Å². The fourth-order valence-corrected chi connectivity index (χ4v) is 4.99. The van der Waals surface area contributed by atoms with Crippen LogP contribution in [0.3, 0.4) is 0 Å². The minimum atomic E-state index is -0.0585. The quantitative estimate of drug-likeness (QED) is 0.444. The van der Waals surface area contributed by atoms with Crippen LogP contribution >= 0.6 is 23.1 Å². The molecular formula is C21H23N5O2S2. The van der Waals surface area contributed by atoms with Crippen molar-refractivity contribution in [3.05, 3.63) is 57.7 Å². The van der Waals surface area contributed by atoms with Crippen molar-refractivity contribution < 1.29 is 4.79 Å². The van der Waals surface area contributed by atoms with Crippen molar-refractivity contribution >= 4 is 45.0 Å². The number of thioether (sulfide) groups is 1. The van der Waals surface area contributed by atoms with Gasteiger partial charge in [0, 0.05) is 12.6 Å². The van der Waals surface area contributed by atoms with Gasteiger partial charge in [0.15, 0.2) is 5.16 Å². The second-order valence-electron chi connectivity index (χ2n) is 7.49. The minimum absolute atomic E-state index is 0.0562. The molecule has 0 bridgehead atoms. The molecule has 30 heavy (non-hydrogen) atoms. The molecule has 1 aromatic carbocycles. The van der Waals surface area contributed by atoms with Crippen LogP contribution in [0.2, 0.25) is 0 Å². The molecule has 4 rings (SSSR count). The Morgan fingerprint density at radius 2 is 1.93 bits per heavy atom. The first-order valence-corrected chi connectivity index (χ1v) is 11.6. The highest BCUT2D eigenvalue weighted by atomic mass is 32.2. The molecule has 3 heterocycles. The average molecular weight is 442 g/mol. The van der Waals surface area contributed by atoms with Crippen molar-refractivity contribution in [1.82, 2.24) is 24.5 Å². The van der Waals surface area contributed by atoms with Crippen molar-refractivity contribution in [2.24, 2.45) is 0 Å². The summed E-state index contributed by atoms with van der Waals surface area (Å²) in [6, 6.07) is 12.1. The van der Waals surface area contributed by atoms with Gasteiger partial charge in [-0.25, -0.2) is 0 Å². The van der Waals surface area contributed by atoms with E-state index in [2.05, 4.69) is 34.6 Å². The van der Waals surface area contributed by atoms with Crippen LogP contribution in [0.5, 0.6) is 0 Å². The van der Waals surface area contributed by atoms with Crippen molar-refractivity contribution in [1.29, 1.82) is 0 Å². The number of nitrogens with one attached hydrogen (secondary N) is 1. The highest BCUT2D eigenvalue weighted by molar-refractivity contribution is 7.99. The van der Waals surface area contributed by atoms with Crippen molar-refractivity contribution in [2.45, 2.75) is 44.4 Å². The molecule has 0 saturated heterocycles. The maximum absolute atomic E-state index is 13.2. The Morgan fingerprint density at radius 1 is 1.17 bits per heavy atom. The fraction of sp³-hybridized carbons (Fsp3) is 0.333. The summed E-state index contributed by atoms with van der Waals surface area (Å²) in [5.41, 5.74) is 1.88. The highest BCUT2D eigenvalue weighted by Crippen LogP contribution is 2.25. The van der Waals surface area contributed by atoms with E-state index in [9.17, 15) is 9.59 Å². The first-order chi connectivity index (χ1) is 14.5. The van der Waals surface area contributed by atoms with E-state index in [1.165, 1.54) is 23.1 Å². The third-order valence-corrected chi connectivity index (χ3v) is 6.61. The number of amides is 1. The molecule has 0 fully saturated rings. The van der Waals surface area contributed by atoms with Gasteiger partial charge in [0.2, 0.25) is 11.7 Å². The van der Waals surface area contributed by atoms with E-state index >= 15 is 0 Å². The van der Waals surface area contributed by atoms with Crippen LogP contribution in [-0.4, -0.2) is 36.9 Å². The lowest BCUT2D eigenvalue weighted by Crippen LogP contribution is -2.31. The second kappa shape index (κ2) is 8.61. The highest BCUT2D eigenvalue weighted by Gasteiger charge is 2.20. The standard InChI is InChI=1S/C21H23N5O2S2/c1-13(2)22-17(27)12-30-21-24-23-20-25(11-14(3)15-7-5-4-6-8-15)19(28)18-16(26(20)21)9-10-29-18/h4-10,13-14H,11-12H2,1-3H3,(H,22,27). The lowest BCUT2D eigenvalue weighted by atomic mass is 10.0. The van der Waals surface area contributed by atoms with E-state index in [-0.39, 0.29) is 29.2 Å². The molecule has 9 heteroatoms. The molecule has 0 aliphatic rings. The van der Waals surface area contributed by atoms with Gasteiger partial charge in [0.05, 0.1) is 11.3 Å². The van der Waals surface area contributed by atoms with Crippen LogP contribution in [0, 0.1) is 0 Å². The maximum Gasteiger partial charge on any atom is 0.272 e. The Balaban J connectivity index is 1.74. The monoisotopic (exact) mass is 441 g/mol. The smallest absolute Gasteiger partial charge is 0.272 e. The van der Waals surface area contributed by atoms with Gasteiger partial charge in [0.25, 0.3) is 5.56 Å². The van der Waals surface area contributed by atoms with Crippen molar-refractivity contribution in [2.75, 3.05) is 5.75 Å². The molecule has 0 aliphatic carbocycles. The topological polar surface area (TPSA) is 81.3 Å². The number of nitrogens with zero attached hydrogens (tertiary/aromatic N) is 4. The molecule has 1 amide bonds. The van der Waals surface area contributed by atoms with Gasteiger partial charge in [-0.05, 0) is 36.8 Å². The maximum atomic E-state index is 13.2. The number of hydrogen-bond donors (Lipinski definition) is 1. The van der Waals surface area contributed by atoms with Crippen LogP contribution in [0.15, 0.2) is 51.7 Å².